The lowest BCUT2D eigenvalue weighted by molar-refractivity contribution is 0.0547. The summed E-state index contributed by atoms with van der Waals surface area (Å²) in [5.74, 6) is 0.0864. The highest BCUT2D eigenvalue weighted by atomic mass is 35.5. The number of nitrogens with one attached hydrogen (secondary N) is 2. The predicted molar refractivity (Wildman–Crippen MR) is 93.1 cm³/mol. The van der Waals surface area contributed by atoms with E-state index in [-0.39, 0.29) is 15.7 Å². The van der Waals surface area contributed by atoms with E-state index in [2.05, 4.69) is 10.0 Å². The van der Waals surface area contributed by atoms with Gasteiger partial charge < -0.3 is 15.2 Å². The van der Waals surface area contributed by atoms with Gasteiger partial charge in [-0.3, -0.25) is 4.72 Å². The standard InChI is InChI=1S/C16H14ClN3O4S/c1-9-16(21)19-13-6-11(17)7-14(15(13)24-9)25(22,23)20-12-4-2-10(8-18)3-5-12/h2-7,9,16,19-21H,1H3. The second-order valence-corrected chi connectivity index (χ2v) is 7.57. The maximum absolute atomic E-state index is 12.8. The van der Waals surface area contributed by atoms with Crippen LogP contribution in [0.4, 0.5) is 11.4 Å². The lowest BCUT2D eigenvalue weighted by Crippen LogP contribution is -2.39. The average molecular weight is 380 g/mol. The minimum atomic E-state index is -4.00. The van der Waals surface area contributed by atoms with Crippen molar-refractivity contribution in [1.29, 1.82) is 5.26 Å². The van der Waals surface area contributed by atoms with Crippen LogP contribution >= 0.6 is 11.6 Å². The topological polar surface area (TPSA) is 111 Å². The Balaban J connectivity index is 2.01. The number of sulfonamides is 1. The lowest BCUT2D eigenvalue weighted by atomic mass is 10.2. The molecule has 2 aromatic rings. The van der Waals surface area contributed by atoms with Crippen molar-refractivity contribution in [3.8, 4) is 11.8 Å². The van der Waals surface area contributed by atoms with E-state index < -0.39 is 22.4 Å². The molecule has 2 atom stereocenters. The molecule has 2 aromatic carbocycles. The van der Waals surface area contributed by atoms with Gasteiger partial charge in [-0.2, -0.15) is 5.26 Å². The maximum Gasteiger partial charge on any atom is 0.265 e. The zero-order valence-corrected chi connectivity index (χ0v) is 14.6. The monoisotopic (exact) mass is 379 g/mol. The Kier molecular flexibility index (Phi) is 4.47. The van der Waals surface area contributed by atoms with Crippen molar-refractivity contribution in [2.75, 3.05) is 10.0 Å². The van der Waals surface area contributed by atoms with Crippen LogP contribution in [-0.2, 0) is 10.0 Å². The largest absolute Gasteiger partial charge is 0.482 e. The first-order chi connectivity index (χ1) is 11.8. The molecule has 9 heteroatoms. The summed E-state index contributed by atoms with van der Waals surface area (Å²) in [6, 6.07) is 10.7. The number of fused-ring (bicyclic) bond motifs is 1. The van der Waals surface area contributed by atoms with Crippen molar-refractivity contribution in [1.82, 2.24) is 0 Å². The van der Waals surface area contributed by atoms with E-state index in [0.717, 1.165) is 0 Å². The molecule has 0 spiro atoms. The summed E-state index contributed by atoms with van der Waals surface area (Å²) in [6.07, 6.45) is -1.62. The third-order valence-corrected chi connectivity index (χ3v) is 5.23. The van der Waals surface area contributed by atoms with E-state index >= 15 is 0 Å². The third-order valence-electron chi connectivity index (χ3n) is 3.63. The van der Waals surface area contributed by atoms with E-state index in [4.69, 9.17) is 21.6 Å². The van der Waals surface area contributed by atoms with Gasteiger partial charge in [0, 0.05) is 10.7 Å². The number of halogens is 1. The van der Waals surface area contributed by atoms with Crippen molar-refractivity contribution in [2.45, 2.75) is 24.2 Å². The molecule has 0 bridgehead atoms. The minimum Gasteiger partial charge on any atom is -0.482 e. The zero-order valence-electron chi connectivity index (χ0n) is 13.0. The quantitative estimate of drug-likeness (QED) is 0.755. The molecule has 1 aliphatic rings. The van der Waals surface area contributed by atoms with Crippen molar-refractivity contribution in [3.63, 3.8) is 0 Å². The van der Waals surface area contributed by atoms with Crippen LogP contribution in [0.3, 0.4) is 0 Å². The Labute approximate surface area is 149 Å². The molecule has 1 heterocycles. The van der Waals surface area contributed by atoms with Gasteiger partial charge >= 0.3 is 0 Å². The number of rotatable bonds is 3. The summed E-state index contributed by atoms with van der Waals surface area (Å²) >= 11 is 6.01. The fourth-order valence-corrected chi connectivity index (χ4v) is 3.87. The SMILES string of the molecule is CC1Oc2c(cc(Cl)cc2S(=O)(=O)Nc2ccc(C#N)cc2)NC1O. The Morgan fingerprint density at radius 2 is 2.00 bits per heavy atom. The molecular formula is C16H14ClN3O4S. The van der Waals surface area contributed by atoms with Gasteiger partial charge in [0.15, 0.2) is 12.0 Å². The number of hydrogen-bond acceptors (Lipinski definition) is 6. The van der Waals surface area contributed by atoms with Crippen molar-refractivity contribution >= 4 is 33.0 Å². The van der Waals surface area contributed by atoms with E-state index in [0.29, 0.717) is 16.9 Å². The average Bonchev–Trinajstić information content (AvgIpc) is 2.56. The van der Waals surface area contributed by atoms with Gasteiger partial charge in [-0.15, -0.1) is 0 Å². The Hall–Kier alpha value is -2.47. The molecule has 0 amide bonds. The summed E-state index contributed by atoms with van der Waals surface area (Å²) in [7, 11) is -4.00. The number of aliphatic hydroxyl groups is 1. The van der Waals surface area contributed by atoms with E-state index in [9.17, 15) is 13.5 Å². The van der Waals surface area contributed by atoms with Gasteiger partial charge in [-0.1, -0.05) is 11.6 Å². The van der Waals surface area contributed by atoms with E-state index in [1.165, 1.54) is 36.4 Å². The normalized spacial score (nSPS) is 19.1. The minimum absolute atomic E-state index is 0.0864. The summed E-state index contributed by atoms with van der Waals surface area (Å²) in [6.45, 7) is 1.61. The summed E-state index contributed by atoms with van der Waals surface area (Å²) in [4.78, 5) is -0.148. The summed E-state index contributed by atoms with van der Waals surface area (Å²) in [5, 5.41) is 21.6. The van der Waals surface area contributed by atoms with Crippen LogP contribution in [0.1, 0.15) is 12.5 Å². The number of nitriles is 1. The van der Waals surface area contributed by atoms with Crippen LogP contribution in [0.5, 0.6) is 5.75 Å². The molecule has 0 fully saturated rings. The van der Waals surface area contributed by atoms with Crippen LogP contribution in [0.2, 0.25) is 5.02 Å². The van der Waals surface area contributed by atoms with Gasteiger partial charge in [0.05, 0.1) is 17.3 Å². The predicted octanol–water partition coefficient (Wildman–Crippen LogP) is 2.52. The van der Waals surface area contributed by atoms with E-state index in [1.54, 1.807) is 6.92 Å². The molecule has 0 aliphatic carbocycles. The molecule has 0 saturated carbocycles. The Morgan fingerprint density at radius 1 is 1.32 bits per heavy atom. The number of benzene rings is 2. The van der Waals surface area contributed by atoms with Gasteiger partial charge in [0.25, 0.3) is 10.0 Å². The molecule has 1 aliphatic heterocycles. The molecule has 2 unspecified atom stereocenters. The fraction of sp³-hybridized carbons (Fsp3) is 0.188. The molecule has 3 N–H and O–H groups in total. The summed E-state index contributed by atoms with van der Waals surface area (Å²) in [5.41, 5.74) is 1.00. The van der Waals surface area contributed by atoms with Crippen molar-refractivity contribution in [2.24, 2.45) is 0 Å². The van der Waals surface area contributed by atoms with Crippen molar-refractivity contribution in [3.05, 3.63) is 47.0 Å². The molecule has 0 radical (unpaired) electrons. The molecular weight excluding hydrogens is 366 g/mol. The Morgan fingerprint density at radius 3 is 2.64 bits per heavy atom. The number of ether oxygens (including phenoxy) is 1. The molecule has 3 rings (SSSR count). The molecule has 25 heavy (non-hydrogen) atoms. The lowest BCUT2D eigenvalue weighted by Gasteiger charge is -2.31. The maximum atomic E-state index is 12.8. The van der Waals surface area contributed by atoms with Crippen LogP contribution < -0.4 is 14.8 Å². The highest BCUT2D eigenvalue weighted by Gasteiger charge is 2.31. The zero-order chi connectivity index (χ0) is 18.2. The first kappa shape index (κ1) is 17.4. The van der Waals surface area contributed by atoms with E-state index in [1.807, 2.05) is 6.07 Å². The molecule has 0 aromatic heterocycles. The number of nitrogens with zero attached hydrogens (tertiary/aromatic N) is 1. The molecule has 0 saturated heterocycles. The highest BCUT2D eigenvalue weighted by molar-refractivity contribution is 7.92. The van der Waals surface area contributed by atoms with Gasteiger partial charge in [-0.25, -0.2) is 8.42 Å². The third kappa shape index (κ3) is 3.49. The highest BCUT2D eigenvalue weighted by Crippen LogP contribution is 2.40. The smallest absolute Gasteiger partial charge is 0.265 e. The van der Waals surface area contributed by atoms with Gasteiger partial charge in [0.2, 0.25) is 0 Å². The second-order valence-electron chi connectivity index (χ2n) is 5.49. The number of aliphatic hydroxyl groups excluding tert-OH is 1. The number of anilines is 2. The first-order valence-corrected chi connectivity index (χ1v) is 9.14. The first-order valence-electron chi connectivity index (χ1n) is 7.28. The van der Waals surface area contributed by atoms with Crippen LogP contribution in [-0.4, -0.2) is 25.9 Å². The van der Waals surface area contributed by atoms with Crippen molar-refractivity contribution < 1.29 is 18.3 Å². The second kappa shape index (κ2) is 6.44. The van der Waals surface area contributed by atoms with Gasteiger partial charge in [-0.05, 0) is 43.3 Å². The van der Waals surface area contributed by atoms with Crippen LogP contribution in [0, 0.1) is 11.3 Å². The molecule has 130 valence electrons. The number of hydrogen-bond donors (Lipinski definition) is 3. The Bertz CT molecular complexity index is 955. The van der Waals surface area contributed by atoms with Crippen LogP contribution in [0.15, 0.2) is 41.3 Å². The van der Waals surface area contributed by atoms with Crippen LogP contribution in [0.25, 0.3) is 0 Å². The van der Waals surface area contributed by atoms with Gasteiger partial charge in [0.1, 0.15) is 11.0 Å². The summed E-state index contributed by atoms with van der Waals surface area (Å²) < 4.78 is 33.5. The molecule has 7 nitrogen and oxygen atoms in total. The fourth-order valence-electron chi connectivity index (χ4n) is 2.35.